The Morgan fingerprint density at radius 1 is 1.17 bits per heavy atom. The second-order valence-electron chi connectivity index (χ2n) is 4.57. The Hall–Kier alpha value is -0.990. The molecule has 0 amide bonds. The average Bonchev–Trinajstić information content (AvgIpc) is 2.35. The van der Waals surface area contributed by atoms with Crippen molar-refractivity contribution < 1.29 is 5.11 Å². The van der Waals surface area contributed by atoms with Crippen molar-refractivity contribution in [2.45, 2.75) is 37.3 Å². The van der Waals surface area contributed by atoms with Crippen molar-refractivity contribution in [3.63, 3.8) is 0 Å². The third-order valence-corrected chi connectivity index (χ3v) is 4.08. The third kappa shape index (κ3) is 5.56. The van der Waals surface area contributed by atoms with Crippen LogP contribution in [0.5, 0.6) is 0 Å². The maximum absolute atomic E-state index is 9.03. The van der Waals surface area contributed by atoms with E-state index in [4.69, 9.17) is 5.11 Å². The molecule has 1 N–H and O–H groups in total. The van der Waals surface area contributed by atoms with E-state index < -0.39 is 0 Å². The minimum Gasteiger partial charge on any atom is -0.392 e. The van der Waals surface area contributed by atoms with Gasteiger partial charge in [-0.3, -0.25) is 0 Å². The standard InChI is InChI=1S/C16H22OS/c1-13(2)9-10-16(14(3)11-12-17)18-15-7-5-4-6-8-15/h4-9,11,16-17H,10,12H2,1-3H3/b14-11+. The number of rotatable bonds is 6. The molecule has 0 spiro atoms. The number of aliphatic hydroxyl groups is 1. The number of hydrogen-bond acceptors (Lipinski definition) is 2. The van der Waals surface area contributed by atoms with Gasteiger partial charge in [-0.05, 0) is 39.3 Å². The molecule has 0 aliphatic carbocycles. The second-order valence-corrected chi connectivity index (χ2v) is 5.84. The summed E-state index contributed by atoms with van der Waals surface area (Å²) in [6.07, 6.45) is 5.17. The predicted molar refractivity (Wildman–Crippen MR) is 81.0 cm³/mol. The zero-order chi connectivity index (χ0) is 13.4. The van der Waals surface area contributed by atoms with Crippen molar-refractivity contribution in [1.82, 2.24) is 0 Å². The zero-order valence-electron chi connectivity index (χ0n) is 11.4. The Balaban J connectivity index is 2.77. The first-order valence-corrected chi connectivity index (χ1v) is 7.14. The van der Waals surface area contributed by atoms with Crippen molar-refractivity contribution in [3.8, 4) is 0 Å². The highest BCUT2D eigenvalue weighted by Gasteiger charge is 2.11. The van der Waals surface area contributed by atoms with Gasteiger partial charge in [-0.1, -0.05) is 41.5 Å². The van der Waals surface area contributed by atoms with Gasteiger partial charge < -0.3 is 5.11 Å². The molecular weight excluding hydrogens is 240 g/mol. The Morgan fingerprint density at radius 3 is 2.39 bits per heavy atom. The maximum Gasteiger partial charge on any atom is 0.0615 e. The fraction of sp³-hybridized carbons (Fsp3) is 0.375. The minimum absolute atomic E-state index is 0.118. The van der Waals surface area contributed by atoms with Gasteiger partial charge in [-0.25, -0.2) is 0 Å². The van der Waals surface area contributed by atoms with E-state index in [2.05, 4.69) is 51.1 Å². The van der Waals surface area contributed by atoms with Crippen molar-refractivity contribution in [3.05, 3.63) is 53.6 Å². The van der Waals surface area contributed by atoms with Crippen molar-refractivity contribution in [2.75, 3.05) is 6.61 Å². The summed E-state index contributed by atoms with van der Waals surface area (Å²) in [5.41, 5.74) is 2.58. The van der Waals surface area contributed by atoms with Gasteiger partial charge in [0.05, 0.1) is 6.61 Å². The molecule has 1 aromatic rings. The van der Waals surface area contributed by atoms with Gasteiger partial charge in [0.2, 0.25) is 0 Å². The molecule has 2 heteroatoms. The molecule has 0 radical (unpaired) electrons. The smallest absolute Gasteiger partial charge is 0.0615 e. The number of allylic oxidation sites excluding steroid dienone is 2. The van der Waals surface area contributed by atoms with Crippen LogP contribution >= 0.6 is 11.8 Å². The SMILES string of the molecule is CC(C)=CCC(Sc1ccccc1)/C(C)=C/CO. The first-order valence-electron chi connectivity index (χ1n) is 6.26. The van der Waals surface area contributed by atoms with Crippen molar-refractivity contribution >= 4 is 11.8 Å². The van der Waals surface area contributed by atoms with Gasteiger partial charge in [0.25, 0.3) is 0 Å². The Kier molecular flexibility index (Phi) is 6.84. The molecule has 0 fully saturated rings. The summed E-state index contributed by atoms with van der Waals surface area (Å²) in [6.45, 7) is 6.45. The first kappa shape index (κ1) is 15.1. The second kappa shape index (κ2) is 8.17. The lowest BCUT2D eigenvalue weighted by Gasteiger charge is -2.16. The normalized spacial score (nSPS) is 13.2. The summed E-state index contributed by atoms with van der Waals surface area (Å²) in [7, 11) is 0. The summed E-state index contributed by atoms with van der Waals surface area (Å²) in [4.78, 5) is 1.27. The van der Waals surface area contributed by atoms with Crippen LogP contribution in [0, 0.1) is 0 Å². The molecule has 0 aliphatic heterocycles. The number of hydrogen-bond donors (Lipinski definition) is 1. The summed E-state index contributed by atoms with van der Waals surface area (Å²) in [5, 5.41) is 9.43. The van der Waals surface area contributed by atoms with Crippen LogP contribution in [-0.4, -0.2) is 17.0 Å². The largest absolute Gasteiger partial charge is 0.392 e. The maximum atomic E-state index is 9.03. The van der Waals surface area contributed by atoms with Crippen LogP contribution < -0.4 is 0 Å². The molecular formula is C16H22OS. The van der Waals surface area contributed by atoms with E-state index in [0.29, 0.717) is 5.25 Å². The summed E-state index contributed by atoms with van der Waals surface area (Å²) < 4.78 is 0. The van der Waals surface area contributed by atoms with E-state index in [1.807, 2.05) is 23.9 Å². The Labute approximate surface area is 115 Å². The summed E-state index contributed by atoms with van der Waals surface area (Å²) >= 11 is 1.85. The molecule has 1 nitrogen and oxygen atoms in total. The van der Waals surface area contributed by atoms with E-state index in [-0.39, 0.29) is 6.61 Å². The first-order chi connectivity index (χ1) is 8.63. The van der Waals surface area contributed by atoms with Gasteiger partial charge in [0.15, 0.2) is 0 Å². The lowest BCUT2D eigenvalue weighted by Crippen LogP contribution is -2.04. The van der Waals surface area contributed by atoms with Crippen LogP contribution in [0.1, 0.15) is 27.2 Å². The van der Waals surface area contributed by atoms with Crippen LogP contribution in [-0.2, 0) is 0 Å². The molecule has 1 atom stereocenters. The monoisotopic (exact) mass is 262 g/mol. The highest BCUT2D eigenvalue weighted by molar-refractivity contribution is 8.00. The van der Waals surface area contributed by atoms with E-state index in [1.165, 1.54) is 16.0 Å². The molecule has 18 heavy (non-hydrogen) atoms. The van der Waals surface area contributed by atoms with E-state index >= 15 is 0 Å². The molecule has 0 heterocycles. The zero-order valence-corrected chi connectivity index (χ0v) is 12.2. The Morgan fingerprint density at radius 2 is 1.83 bits per heavy atom. The van der Waals surface area contributed by atoms with Crippen LogP contribution in [0.15, 0.2) is 58.5 Å². The molecule has 0 aromatic heterocycles. The van der Waals surface area contributed by atoms with E-state index in [0.717, 1.165) is 6.42 Å². The summed E-state index contributed by atoms with van der Waals surface area (Å²) in [5.74, 6) is 0. The molecule has 0 aliphatic rings. The van der Waals surface area contributed by atoms with Crippen LogP contribution in [0.4, 0.5) is 0 Å². The van der Waals surface area contributed by atoms with E-state index in [1.54, 1.807) is 0 Å². The number of thioether (sulfide) groups is 1. The topological polar surface area (TPSA) is 20.2 Å². The quantitative estimate of drug-likeness (QED) is 0.604. The average molecular weight is 262 g/mol. The van der Waals surface area contributed by atoms with Gasteiger partial charge in [-0.15, -0.1) is 11.8 Å². The van der Waals surface area contributed by atoms with Crippen molar-refractivity contribution in [1.29, 1.82) is 0 Å². The van der Waals surface area contributed by atoms with Crippen LogP contribution in [0.2, 0.25) is 0 Å². The Bertz CT molecular complexity index is 402. The lowest BCUT2D eigenvalue weighted by molar-refractivity contribution is 0.341. The molecule has 0 bridgehead atoms. The highest BCUT2D eigenvalue weighted by atomic mass is 32.2. The van der Waals surface area contributed by atoms with Crippen LogP contribution in [0.25, 0.3) is 0 Å². The third-order valence-electron chi connectivity index (χ3n) is 2.68. The molecule has 1 aromatic carbocycles. The van der Waals surface area contributed by atoms with Crippen molar-refractivity contribution in [2.24, 2.45) is 0 Å². The molecule has 0 saturated heterocycles. The molecule has 1 rings (SSSR count). The fourth-order valence-corrected chi connectivity index (χ4v) is 2.73. The molecule has 0 saturated carbocycles. The fourth-order valence-electron chi connectivity index (χ4n) is 1.61. The molecule has 1 unspecified atom stereocenters. The lowest BCUT2D eigenvalue weighted by atomic mass is 10.1. The van der Waals surface area contributed by atoms with Crippen LogP contribution in [0.3, 0.4) is 0 Å². The highest BCUT2D eigenvalue weighted by Crippen LogP contribution is 2.30. The molecule has 98 valence electrons. The van der Waals surface area contributed by atoms with E-state index in [9.17, 15) is 0 Å². The van der Waals surface area contributed by atoms with Gasteiger partial charge in [0, 0.05) is 10.1 Å². The minimum atomic E-state index is 0.118. The number of aliphatic hydroxyl groups excluding tert-OH is 1. The van der Waals surface area contributed by atoms with Gasteiger partial charge in [-0.2, -0.15) is 0 Å². The summed E-state index contributed by atoms with van der Waals surface area (Å²) in [6, 6.07) is 10.4. The predicted octanol–water partition coefficient (Wildman–Crippen LogP) is 4.44. The number of benzene rings is 1. The van der Waals surface area contributed by atoms with Gasteiger partial charge in [0.1, 0.15) is 0 Å². The van der Waals surface area contributed by atoms with Gasteiger partial charge >= 0.3 is 0 Å².